The fourth-order valence-corrected chi connectivity index (χ4v) is 3.85. The first kappa shape index (κ1) is 20.9. The van der Waals surface area contributed by atoms with E-state index in [4.69, 9.17) is 9.26 Å². The lowest BCUT2D eigenvalue weighted by molar-refractivity contribution is -0.155. The van der Waals surface area contributed by atoms with Crippen molar-refractivity contribution in [2.45, 2.75) is 39.5 Å². The van der Waals surface area contributed by atoms with Crippen molar-refractivity contribution in [3.8, 4) is 17.0 Å². The fraction of sp³-hybridized carbons (Fsp3) is 0.500. The van der Waals surface area contributed by atoms with Crippen LogP contribution in [0.5, 0.6) is 5.75 Å². The lowest BCUT2D eigenvalue weighted by atomic mass is 9.76. The number of methoxy groups -OCH3 is 1. The second kappa shape index (κ2) is 8.68. The number of aliphatic carboxylic acids is 1. The number of amides is 1. The monoisotopic (exact) mass is 400 g/mol. The number of hydrogen-bond donors (Lipinski definition) is 1. The third-order valence-electron chi connectivity index (χ3n) is 5.42. The van der Waals surface area contributed by atoms with Gasteiger partial charge in [-0.25, -0.2) is 0 Å². The van der Waals surface area contributed by atoms with Crippen LogP contribution < -0.4 is 4.74 Å². The zero-order chi connectivity index (χ0) is 21.0. The molecule has 0 aliphatic carbocycles. The van der Waals surface area contributed by atoms with Crippen molar-refractivity contribution in [2.75, 3.05) is 20.2 Å². The van der Waals surface area contributed by atoms with Crippen LogP contribution in [0.15, 0.2) is 34.9 Å². The Bertz CT molecular complexity index is 858. The molecule has 0 bridgehead atoms. The maximum absolute atomic E-state index is 12.5. The SMILES string of the molecule is COc1ccc(-c2cc(C[C@@]3(C(=O)O)CCCN(C(=O)CC(C)C)C3)on2)cc1. The third kappa shape index (κ3) is 4.78. The molecule has 1 aromatic carbocycles. The number of likely N-dealkylation sites (tertiary alicyclic amines) is 1. The molecule has 1 fully saturated rings. The third-order valence-corrected chi connectivity index (χ3v) is 5.42. The molecule has 2 aromatic rings. The van der Waals surface area contributed by atoms with Gasteiger partial charge in [0.15, 0.2) is 0 Å². The van der Waals surface area contributed by atoms with Crippen LogP contribution >= 0.6 is 0 Å². The molecule has 1 saturated heterocycles. The van der Waals surface area contributed by atoms with E-state index in [1.54, 1.807) is 18.1 Å². The highest BCUT2D eigenvalue weighted by Gasteiger charge is 2.44. The smallest absolute Gasteiger partial charge is 0.311 e. The summed E-state index contributed by atoms with van der Waals surface area (Å²) in [5.41, 5.74) is 0.455. The van der Waals surface area contributed by atoms with Gasteiger partial charge in [0.25, 0.3) is 0 Å². The van der Waals surface area contributed by atoms with E-state index in [9.17, 15) is 14.7 Å². The first-order valence-corrected chi connectivity index (χ1v) is 9.94. The van der Waals surface area contributed by atoms with Crippen LogP contribution in [0.25, 0.3) is 11.3 Å². The summed E-state index contributed by atoms with van der Waals surface area (Å²) in [5.74, 6) is 0.612. The summed E-state index contributed by atoms with van der Waals surface area (Å²) >= 11 is 0. The highest BCUT2D eigenvalue weighted by atomic mass is 16.5. The van der Waals surface area contributed by atoms with E-state index in [1.807, 2.05) is 38.1 Å². The second-order valence-corrected chi connectivity index (χ2v) is 8.19. The Morgan fingerprint density at radius 2 is 2.03 bits per heavy atom. The van der Waals surface area contributed by atoms with Gasteiger partial charge in [-0.1, -0.05) is 19.0 Å². The minimum absolute atomic E-state index is 0.0156. The number of nitrogens with zero attached hydrogens (tertiary/aromatic N) is 2. The average Bonchev–Trinajstić information content (AvgIpc) is 3.16. The molecular formula is C22H28N2O5. The molecule has 1 aromatic heterocycles. The minimum atomic E-state index is -1.05. The predicted molar refractivity (Wildman–Crippen MR) is 108 cm³/mol. The molecule has 2 heterocycles. The van der Waals surface area contributed by atoms with Crippen LogP contribution in [-0.2, 0) is 16.0 Å². The van der Waals surface area contributed by atoms with E-state index in [1.165, 1.54) is 0 Å². The first-order chi connectivity index (χ1) is 13.8. The van der Waals surface area contributed by atoms with Crippen LogP contribution in [-0.4, -0.2) is 47.2 Å². The Hall–Kier alpha value is -2.83. The summed E-state index contributed by atoms with van der Waals surface area (Å²) in [4.78, 5) is 26.4. The molecule has 0 saturated carbocycles. The van der Waals surface area contributed by atoms with Gasteiger partial charge in [-0.3, -0.25) is 9.59 Å². The fourth-order valence-electron chi connectivity index (χ4n) is 3.85. The molecule has 1 aliphatic heterocycles. The second-order valence-electron chi connectivity index (χ2n) is 8.19. The van der Waals surface area contributed by atoms with Crippen LogP contribution in [0.2, 0.25) is 0 Å². The van der Waals surface area contributed by atoms with E-state index in [2.05, 4.69) is 5.16 Å². The molecule has 7 heteroatoms. The van der Waals surface area contributed by atoms with E-state index < -0.39 is 11.4 Å². The molecule has 1 aliphatic rings. The largest absolute Gasteiger partial charge is 0.497 e. The normalized spacial score (nSPS) is 19.4. The lowest BCUT2D eigenvalue weighted by Gasteiger charge is -2.39. The van der Waals surface area contributed by atoms with Gasteiger partial charge < -0.3 is 19.3 Å². The number of rotatable bonds is 7. The number of ether oxygens (including phenoxy) is 1. The van der Waals surface area contributed by atoms with E-state index in [0.717, 1.165) is 11.3 Å². The Kier molecular flexibility index (Phi) is 6.25. The standard InChI is InChI=1S/C22H28N2O5/c1-15(2)11-20(25)24-10-4-9-22(14-24,21(26)27)13-18-12-19(23-29-18)16-5-7-17(28-3)8-6-16/h5-8,12,15H,4,9-11,13-14H2,1-3H3,(H,26,27)/t22-/m0/s1. The van der Waals surface area contributed by atoms with E-state index in [0.29, 0.717) is 37.3 Å². The Morgan fingerprint density at radius 3 is 2.66 bits per heavy atom. The molecule has 29 heavy (non-hydrogen) atoms. The van der Waals surface area contributed by atoms with Crippen molar-refractivity contribution in [1.82, 2.24) is 10.1 Å². The van der Waals surface area contributed by atoms with E-state index in [-0.39, 0.29) is 24.8 Å². The summed E-state index contributed by atoms with van der Waals surface area (Å²) < 4.78 is 10.6. The zero-order valence-electron chi connectivity index (χ0n) is 17.2. The van der Waals surface area contributed by atoms with Crippen molar-refractivity contribution >= 4 is 11.9 Å². The molecule has 0 spiro atoms. The van der Waals surface area contributed by atoms with Crippen LogP contribution in [0.4, 0.5) is 0 Å². The Labute approximate surface area is 170 Å². The average molecular weight is 400 g/mol. The summed E-state index contributed by atoms with van der Waals surface area (Å²) in [5, 5.41) is 14.1. The first-order valence-electron chi connectivity index (χ1n) is 9.94. The van der Waals surface area contributed by atoms with Crippen molar-refractivity contribution in [3.63, 3.8) is 0 Å². The maximum Gasteiger partial charge on any atom is 0.311 e. The minimum Gasteiger partial charge on any atom is -0.497 e. The van der Waals surface area contributed by atoms with Gasteiger partial charge in [-0.2, -0.15) is 0 Å². The van der Waals surface area contributed by atoms with Crippen LogP contribution in [0.3, 0.4) is 0 Å². The molecule has 3 rings (SSSR count). The number of piperidine rings is 1. The number of hydrogen-bond acceptors (Lipinski definition) is 5. The van der Waals surface area contributed by atoms with Gasteiger partial charge in [-0.15, -0.1) is 0 Å². The number of carboxylic acids is 1. The van der Waals surface area contributed by atoms with Gasteiger partial charge in [0.2, 0.25) is 5.91 Å². The highest BCUT2D eigenvalue weighted by Crippen LogP contribution is 2.35. The summed E-state index contributed by atoms with van der Waals surface area (Å²) in [6.07, 6.45) is 1.80. The molecule has 0 radical (unpaired) electrons. The van der Waals surface area contributed by atoms with Crippen molar-refractivity contribution in [3.05, 3.63) is 36.1 Å². The number of carbonyl (C=O) groups is 2. The summed E-state index contributed by atoms with van der Waals surface area (Å²) in [6, 6.07) is 9.20. The molecule has 1 amide bonds. The summed E-state index contributed by atoms with van der Waals surface area (Å²) in [7, 11) is 1.61. The number of benzene rings is 1. The molecular weight excluding hydrogens is 372 g/mol. The van der Waals surface area contributed by atoms with Gasteiger partial charge in [0.1, 0.15) is 17.2 Å². The molecule has 1 N–H and O–H groups in total. The van der Waals surface area contributed by atoms with Crippen molar-refractivity contribution in [1.29, 1.82) is 0 Å². The Morgan fingerprint density at radius 1 is 1.31 bits per heavy atom. The lowest BCUT2D eigenvalue weighted by Crippen LogP contribution is -2.51. The number of carboxylic acid groups (broad SMARTS) is 1. The quantitative estimate of drug-likeness (QED) is 0.763. The maximum atomic E-state index is 12.5. The van der Waals surface area contributed by atoms with Crippen LogP contribution in [0, 0.1) is 11.3 Å². The highest BCUT2D eigenvalue weighted by molar-refractivity contribution is 5.80. The van der Waals surface area contributed by atoms with Crippen molar-refractivity contribution < 1.29 is 24.0 Å². The molecule has 156 valence electrons. The molecule has 0 unspecified atom stereocenters. The van der Waals surface area contributed by atoms with Crippen molar-refractivity contribution in [2.24, 2.45) is 11.3 Å². The Balaban J connectivity index is 1.77. The van der Waals surface area contributed by atoms with E-state index >= 15 is 0 Å². The summed E-state index contributed by atoms with van der Waals surface area (Å²) in [6.45, 7) is 4.78. The predicted octanol–water partition coefficient (Wildman–Crippen LogP) is 3.63. The van der Waals surface area contributed by atoms with Crippen LogP contribution in [0.1, 0.15) is 38.9 Å². The molecule has 1 atom stereocenters. The molecule has 7 nitrogen and oxygen atoms in total. The number of carbonyl (C=O) groups excluding carboxylic acids is 1. The van der Waals surface area contributed by atoms with Gasteiger partial charge in [-0.05, 0) is 43.0 Å². The topological polar surface area (TPSA) is 92.9 Å². The van der Waals surface area contributed by atoms with Gasteiger partial charge >= 0.3 is 5.97 Å². The number of aromatic nitrogens is 1. The van der Waals surface area contributed by atoms with Gasteiger partial charge in [0, 0.05) is 37.6 Å². The van der Waals surface area contributed by atoms with Gasteiger partial charge in [0.05, 0.1) is 12.5 Å². The zero-order valence-corrected chi connectivity index (χ0v) is 17.2.